The number of ether oxygens (including phenoxy) is 1. The summed E-state index contributed by atoms with van der Waals surface area (Å²) in [6.07, 6.45) is 2.05. The summed E-state index contributed by atoms with van der Waals surface area (Å²) in [4.78, 5) is 15.4. The Labute approximate surface area is 120 Å². The average Bonchev–Trinajstić information content (AvgIpc) is 3.05. The highest BCUT2D eigenvalue weighted by molar-refractivity contribution is 5.86. The second-order valence-corrected chi connectivity index (χ2v) is 4.44. The van der Waals surface area contributed by atoms with E-state index in [4.69, 9.17) is 14.4 Å². The fourth-order valence-electron chi connectivity index (χ4n) is 1.88. The molecule has 0 saturated heterocycles. The lowest BCUT2D eigenvalue weighted by molar-refractivity contribution is 0.0688. The van der Waals surface area contributed by atoms with Gasteiger partial charge in [0.2, 0.25) is 5.89 Å². The Morgan fingerprint density at radius 2 is 2.24 bits per heavy atom. The van der Waals surface area contributed by atoms with Crippen LogP contribution in [0.1, 0.15) is 41.2 Å². The summed E-state index contributed by atoms with van der Waals surface area (Å²) in [6.45, 7) is 2.59. The molecule has 2 aromatic rings. The van der Waals surface area contributed by atoms with E-state index in [0.29, 0.717) is 30.4 Å². The zero-order chi connectivity index (χ0) is 15.2. The van der Waals surface area contributed by atoms with Crippen LogP contribution in [0.4, 0.5) is 0 Å². The second-order valence-electron chi connectivity index (χ2n) is 4.44. The molecule has 0 aliphatic rings. The number of rotatable bonds is 8. The zero-order valence-corrected chi connectivity index (χ0v) is 11.9. The van der Waals surface area contributed by atoms with E-state index in [1.807, 2.05) is 6.92 Å². The van der Waals surface area contributed by atoms with E-state index < -0.39 is 5.97 Å². The van der Waals surface area contributed by atoms with Gasteiger partial charge in [0.15, 0.2) is 11.5 Å². The van der Waals surface area contributed by atoms with Crippen molar-refractivity contribution in [2.24, 2.45) is 0 Å². The molecular formula is C12H17N5O4. The molecule has 0 aromatic carbocycles. The SMILES string of the molecule is CCCc1noc(Cn2nnc(C(=O)O)c2CCOC)n1. The molecule has 0 aliphatic carbocycles. The number of nitrogens with zero attached hydrogens (tertiary/aromatic N) is 5. The molecule has 9 heteroatoms. The second kappa shape index (κ2) is 6.93. The van der Waals surface area contributed by atoms with Gasteiger partial charge in [0, 0.05) is 20.0 Å². The van der Waals surface area contributed by atoms with Gasteiger partial charge < -0.3 is 14.4 Å². The molecule has 0 unspecified atom stereocenters. The first-order valence-electron chi connectivity index (χ1n) is 6.61. The Hall–Kier alpha value is -2.29. The topological polar surface area (TPSA) is 116 Å². The molecule has 0 saturated carbocycles. The number of aromatic carboxylic acids is 1. The molecule has 2 heterocycles. The predicted molar refractivity (Wildman–Crippen MR) is 70.0 cm³/mol. The maximum atomic E-state index is 11.1. The third-order valence-electron chi connectivity index (χ3n) is 2.85. The molecule has 2 rings (SSSR count). The van der Waals surface area contributed by atoms with Crippen LogP contribution in [-0.2, 0) is 24.1 Å². The number of carboxylic acids is 1. The highest BCUT2D eigenvalue weighted by atomic mass is 16.5. The van der Waals surface area contributed by atoms with Crippen LogP contribution in [0.2, 0.25) is 0 Å². The summed E-state index contributed by atoms with van der Waals surface area (Å²) < 4.78 is 11.5. The standard InChI is InChI=1S/C12H17N5O4/c1-3-4-9-13-10(21-15-9)7-17-8(5-6-20-2)11(12(18)19)14-16-17/h3-7H2,1-2H3,(H,18,19). The number of hydrogen-bond donors (Lipinski definition) is 1. The molecule has 1 N–H and O–H groups in total. The van der Waals surface area contributed by atoms with Crippen LogP contribution in [0, 0.1) is 0 Å². The zero-order valence-electron chi connectivity index (χ0n) is 11.9. The van der Waals surface area contributed by atoms with Gasteiger partial charge in [0.05, 0.1) is 12.3 Å². The van der Waals surface area contributed by atoms with Crippen LogP contribution in [0.25, 0.3) is 0 Å². The molecule has 0 spiro atoms. The smallest absolute Gasteiger partial charge is 0.358 e. The fraction of sp³-hybridized carbons (Fsp3) is 0.583. The van der Waals surface area contributed by atoms with Crippen molar-refractivity contribution in [3.05, 3.63) is 23.1 Å². The molecule has 0 aliphatic heterocycles. The Balaban J connectivity index is 2.19. The lowest BCUT2D eigenvalue weighted by Gasteiger charge is -2.03. The fourth-order valence-corrected chi connectivity index (χ4v) is 1.88. The van der Waals surface area contributed by atoms with E-state index in [1.165, 1.54) is 4.68 Å². The first-order valence-corrected chi connectivity index (χ1v) is 6.61. The van der Waals surface area contributed by atoms with Gasteiger partial charge in [0.1, 0.15) is 6.54 Å². The van der Waals surface area contributed by atoms with Crippen LogP contribution < -0.4 is 0 Å². The van der Waals surface area contributed by atoms with Crippen molar-refractivity contribution in [3.63, 3.8) is 0 Å². The first kappa shape index (κ1) is 15.1. The summed E-state index contributed by atoms with van der Waals surface area (Å²) in [5, 5.41) is 20.5. The van der Waals surface area contributed by atoms with Gasteiger partial charge >= 0.3 is 5.97 Å². The van der Waals surface area contributed by atoms with Gasteiger partial charge in [-0.25, -0.2) is 9.48 Å². The highest BCUT2D eigenvalue weighted by Crippen LogP contribution is 2.10. The number of carboxylic acid groups (broad SMARTS) is 1. The highest BCUT2D eigenvalue weighted by Gasteiger charge is 2.20. The maximum Gasteiger partial charge on any atom is 0.358 e. The van der Waals surface area contributed by atoms with Crippen molar-refractivity contribution < 1.29 is 19.2 Å². The van der Waals surface area contributed by atoms with Gasteiger partial charge in [-0.1, -0.05) is 17.3 Å². The summed E-state index contributed by atoms with van der Waals surface area (Å²) in [6, 6.07) is 0. The Morgan fingerprint density at radius 1 is 1.43 bits per heavy atom. The summed E-state index contributed by atoms with van der Waals surface area (Å²) >= 11 is 0. The van der Waals surface area contributed by atoms with Crippen molar-refractivity contribution in [2.45, 2.75) is 32.7 Å². The number of methoxy groups -OCH3 is 1. The molecule has 0 amide bonds. The van der Waals surface area contributed by atoms with E-state index in [1.54, 1.807) is 7.11 Å². The van der Waals surface area contributed by atoms with Crippen molar-refractivity contribution in [1.29, 1.82) is 0 Å². The van der Waals surface area contributed by atoms with Crippen molar-refractivity contribution >= 4 is 5.97 Å². The van der Waals surface area contributed by atoms with Crippen molar-refractivity contribution in [3.8, 4) is 0 Å². The van der Waals surface area contributed by atoms with E-state index in [-0.39, 0.29) is 12.2 Å². The van der Waals surface area contributed by atoms with Crippen LogP contribution in [0.3, 0.4) is 0 Å². The number of carbonyl (C=O) groups is 1. The number of aromatic nitrogens is 5. The summed E-state index contributed by atoms with van der Waals surface area (Å²) in [7, 11) is 1.55. The molecular weight excluding hydrogens is 278 g/mol. The third-order valence-corrected chi connectivity index (χ3v) is 2.85. The summed E-state index contributed by atoms with van der Waals surface area (Å²) in [5.74, 6) is -0.118. The van der Waals surface area contributed by atoms with E-state index in [9.17, 15) is 4.79 Å². The Bertz CT molecular complexity index is 607. The molecule has 21 heavy (non-hydrogen) atoms. The van der Waals surface area contributed by atoms with Gasteiger partial charge in [-0.3, -0.25) is 0 Å². The number of aryl methyl sites for hydroxylation is 1. The lowest BCUT2D eigenvalue weighted by Crippen LogP contribution is -2.12. The monoisotopic (exact) mass is 295 g/mol. The molecule has 0 radical (unpaired) electrons. The molecule has 0 atom stereocenters. The van der Waals surface area contributed by atoms with Crippen molar-refractivity contribution in [2.75, 3.05) is 13.7 Å². The van der Waals surface area contributed by atoms with Gasteiger partial charge in [0.25, 0.3) is 0 Å². The lowest BCUT2D eigenvalue weighted by atomic mass is 10.2. The normalized spacial score (nSPS) is 11.0. The maximum absolute atomic E-state index is 11.1. The van der Waals surface area contributed by atoms with Crippen LogP contribution in [0.5, 0.6) is 0 Å². The quantitative estimate of drug-likeness (QED) is 0.750. The van der Waals surface area contributed by atoms with E-state index >= 15 is 0 Å². The first-order chi connectivity index (χ1) is 10.2. The average molecular weight is 295 g/mol. The molecule has 114 valence electrons. The summed E-state index contributed by atoms with van der Waals surface area (Å²) in [5.41, 5.74) is 0.389. The minimum absolute atomic E-state index is 0.0830. The van der Waals surface area contributed by atoms with Crippen LogP contribution in [-0.4, -0.2) is 49.9 Å². The van der Waals surface area contributed by atoms with Crippen LogP contribution in [0.15, 0.2) is 4.52 Å². The Morgan fingerprint density at radius 3 is 2.90 bits per heavy atom. The molecule has 9 nitrogen and oxygen atoms in total. The minimum Gasteiger partial charge on any atom is -0.476 e. The van der Waals surface area contributed by atoms with Gasteiger partial charge in [-0.15, -0.1) is 5.10 Å². The minimum atomic E-state index is -1.12. The predicted octanol–water partition coefficient (Wildman–Crippen LogP) is 0.549. The van der Waals surface area contributed by atoms with Crippen LogP contribution >= 0.6 is 0 Å². The van der Waals surface area contributed by atoms with E-state index in [0.717, 1.165) is 12.8 Å². The largest absolute Gasteiger partial charge is 0.476 e. The van der Waals surface area contributed by atoms with Gasteiger partial charge in [-0.05, 0) is 6.42 Å². The van der Waals surface area contributed by atoms with Gasteiger partial charge in [-0.2, -0.15) is 4.98 Å². The Kier molecular flexibility index (Phi) is 4.99. The molecule has 0 bridgehead atoms. The molecule has 0 fully saturated rings. The van der Waals surface area contributed by atoms with E-state index in [2.05, 4.69) is 20.5 Å². The van der Waals surface area contributed by atoms with Crippen molar-refractivity contribution in [1.82, 2.24) is 25.1 Å². The number of hydrogen-bond acceptors (Lipinski definition) is 7. The third kappa shape index (κ3) is 3.63. The molecule has 2 aromatic heterocycles.